The predicted molar refractivity (Wildman–Crippen MR) is 67.7 cm³/mol. The second-order valence-electron chi connectivity index (χ2n) is 5.59. The molecule has 0 saturated carbocycles. The maximum Gasteiger partial charge on any atom is 0.00389 e. The molecule has 3 rings (SSSR count). The molecule has 1 aliphatic heterocycles. The summed E-state index contributed by atoms with van der Waals surface area (Å²) in [6, 6.07) is 9.70. The fourth-order valence-electron chi connectivity index (χ4n) is 3.23. The van der Waals surface area contributed by atoms with Gasteiger partial charge in [0.25, 0.3) is 0 Å². The van der Waals surface area contributed by atoms with Gasteiger partial charge in [-0.1, -0.05) is 24.3 Å². The molecule has 1 aliphatic carbocycles. The number of hydrogen-bond donors (Lipinski definition) is 1. The van der Waals surface area contributed by atoms with Crippen LogP contribution in [0, 0.1) is 5.92 Å². The first-order valence-corrected chi connectivity index (χ1v) is 6.64. The molecule has 1 saturated heterocycles. The van der Waals surface area contributed by atoms with Crippen molar-refractivity contribution in [2.24, 2.45) is 5.92 Å². The van der Waals surface area contributed by atoms with Crippen LogP contribution >= 0.6 is 0 Å². The summed E-state index contributed by atoms with van der Waals surface area (Å²) >= 11 is 0. The Morgan fingerprint density at radius 3 is 2.88 bits per heavy atom. The lowest BCUT2D eigenvalue weighted by Crippen LogP contribution is -2.38. The van der Waals surface area contributed by atoms with Crippen LogP contribution in [0.2, 0.25) is 0 Å². The van der Waals surface area contributed by atoms with Crippen molar-refractivity contribution in [2.45, 2.75) is 44.6 Å². The summed E-state index contributed by atoms with van der Waals surface area (Å²) in [6.45, 7) is 3.54. The SMILES string of the molecule is CC1CCC(CC2Cc3ccccc32)CN1. The van der Waals surface area contributed by atoms with Gasteiger partial charge in [0.1, 0.15) is 0 Å². The standard InChI is InChI=1S/C15H21N/c1-11-6-7-12(10-16-11)8-14-9-13-4-2-3-5-15(13)14/h2-5,11-12,14,16H,6-10H2,1H3. The maximum absolute atomic E-state index is 3.61. The van der Waals surface area contributed by atoms with Crippen molar-refractivity contribution in [2.75, 3.05) is 6.54 Å². The third-order valence-corrected chi connectivity index (χ3v) is 4.34. The van der Waals surface area contributed by atoms with E-state index in [2.05, 4.69) is 36.5 Å². The monoisotopic (exact) mass is 215 g/mol. The Hall–Kier alpha value is -0.820. The number of benzene rings is 1. The van der Waals surface area contributed by atoms with E-state index in [4.69, 9.17) is 0 Å². The van der Waals surface area contributed by atoms with Crippen molar-refractivity contribution in [1.29, 1.82) is 0 Å². The van der Waals surface area contributed by atoms with Crippen LogP contribution in [0.1, 0.15) is 43.2 Å². The molecule has 1 heterocycles. The molecule has 0 radical (unpaired) electrons. The van der Waals surface area contributed by atoms with E-state index in [0.717, 1.165) is 17.9 Å². The fraction of sp³-hybridized carbons (Fsp3) is 0.600. The van der Waals surface area contributed by atoms with Gasteiger partial charge in [-0.3, -0.25) is 0 Å². The Labute approximate surface area is 98.3 Å². The van der Waals surface area contributed by atoms with E-state index >= 15 is 0 Å². The van der Waals surface area contributed by atoms with E-state index in [1.807, 2.05) is 0 Å². The largest absolute Gasteiger partial charge is 0.314 e. The molecule has 1 fully saturated rings. The van der Waals surface area contributed by atoms with Gasteiger partial charge >= 0.3 is 0 Å². The minimum absolute atomic E-state index is 0.741. The second-order valence-corrected chi connectivity index (χ2v) is 5.59. The van der Waals surface area contributed by atoms with Crippen molar-refractivity contribution < 1.29 is 0 Å². The highest BCUT2D eigenvalue weighted by molar-refractivity contribution is 5.39. The molecule has 3 unspecified atom stereocenters. The average Bonchev–Trinajstić information content (AvgIpc) is 2.28. The molecular formula is C15H21N. The van der Waals surface area contributed by atoms with E-state index in [-0.39, 0.29) is 0 Å². The molecule has 0 amide bonds. The van der Waals surface area contributed by atoms with Crippen LogP contribution in [-0.2, 0) is 6.42 Å². The smallest absolute Gasteiger partial charge is 0.00389 e. The Bertz CT molecular complexity index is 363. The number of rotatable bonds is 2. The molecule has 0 aromatic heterocycles. The summed E-state index contributed by atoms with van der Waals surface area (Å²) in [6.07, 6.45) is 5.50. The zero-order valence-electron chi connectivity index (χ0n) is 10.1. The minimum atomic E-state index is 0.741. The van der Waals surface area contributed by atoms with Gasteiger partial charge in [0.05, 0.1) is 0 Å². The first-order valence-electron chi connectivity index (χ1n) is 6.64. The molecule has 1 aromatic rings. The number of piperidine rings is 1. The average molecular weight is 215 g/mol. The van der Waals surface area contributed by atoms with Gasteiger partial charge in [-0.05, 0) is 62.1 Å². The van der Waals surface area contributed by atoms with Crippen LogP contribution in [0.3, 0.4) is 0 Å². The highest BCUT2D eigenvalue weighted by Gasteiger charge is 2.29. The zero-order chi connectivity index (χ0) is 11.0. The van der Waals surface area contributed by atoms with Crippen LogP contribution in [0.4, 0.5) is 0 Å². The molecule has 86 valence electrons. The lowest BCUT2D eigenvalue weighted by molar-refractivity contribution is 0.286. The first kappa shape index (κ1) is 10.3. The summed E-state index contributed by atoms with van der Waals surface area (Å²) in [7, 11) is 0. The minimum Gasteiger partial charge on any atom is -0.314 e. The molecule has 1 aromatic carbocycles. The number of fused-ring (bicyclic) bond motifs is 1. The quantitative estimate of drug-likeness (QED) is 0.799. The van der Waals surface area contributed by atoms with Gasteiger partial charge in [0.15, 0.2) is 0 Å². The second kappa shape index (κ2) is 4.21. The van der Waals surface area contributed by atoms with Crippen LogP contribution in [0.25, 0.3) is 0 Å². The molecule has 1 N–H and O–H groups in total. The van der Waals surface area contributed by atoms with Crippen LogP contribution in [0.5, 0.6) is 0 Å². The van der Waals surface area contributed by atoms with Gasteiger partial charge in [0, 0.05) is 6.04 Å². The molecule has 3 atom stereocenters. The molecule has 16 heavy (non-hydrogen) atoms. The lowest BCUT2D eigenvalue weighted by atomic mass is 9.72. The first-order chi connectivity index (χ1) is 7.83. The van der Waals surface area contributed by atoms with Crippen molar-refractivity contribution >= 4 is 0 Å². The third-order valence-electron chi connectivity index (χ3n) is 4.34. The van der Waals surface area contributed by atoms with Gasteiger partial charge in [-0.25, -0.2) is 0 Å². The zero-order valence-corrected chi connectivity index (χ0v) is 10.1. The highest BCUT2D eigenvalue weighted by Crippen LogP contribution is 2.40. The van der Waals surface area contributed by atoms with Gasteiger partial charge in [0.2, 0.25) is 0 Å². The molecule has 1 heteroatoms. The molecule has 2 aliphatic rings. The molecule has 0 bridgehead atoms. The summed E-state index contributed by atoms with van der Waals surface area (Å²) in [5.41, 5.74) is 3.21. The Morgan fingerprint density at radius 2 is 2.12 bits per heavy atom. The topological polar surface area (TPSA) is 12.0 Å². The van der Waals surface area contributed by atoms with Crippen LogP contribution in [0.15, 0.2) is 24.3 Å². The van der Waals surface area contributed by atoms with Crippen LogP contribution in [-0.4, -0.2) is 12.6 Å². The number of nitrogens with one attached hydrogen (secondary N) is 1. The Kier molecular flexibility index (Phi) is 2.72. The maximum atomic E-state index is 3.61. The van der Waals surface area contributed by atoms with Crippen molar-refractivity contribution in [3.05, 3.63) is 35.4 Å². The van der Waals surface area contributed by atoms with Gasteiger partial charge in [-0.2, -0.15) is 0 Å². The van der Waals surface area contributed by atoms with Crippen LogP contribution < -0.4 is 5.32 Å². The van der Waals surface area contributed by atoms with Crippen molar-refractivity contribution in [1.82, 2.24) is 5.32 Å². The third kappa shape index (κ3) is 1.89. The predicted octanol–water partition coefficient (Wildman–Crippen LogP) is 3.10. The molecule has 0 spiro atoms. The summed E-state index contributed by atoms with van der Waals surface area (Å²) < 4.78 is 0. The van der Waals surface area contributed by atoms with E-state index in [9.17, 15) is 0 Å². The lowest BCUT2D eigenvalue weighted by Gasteiger charge is -2.35. The van der Waals surface area contributed by atoms with Gasteiger partial charge in [-0.15, -0.1) is 0 Å². The van der Waals surface area contributed by atoms with E-state index in [1.165, 1.54) is 32.2 Å². The summed E-state index contributed by atoms with van der Waals surface area (Å²) in [5, 5.41) is 3.61. The normalized spacial score (nSPS) is 32.9. The van der Waals surface area contributed by atoms with E-state index in [0.29, 0.717) is 0 Å². The number of hydrogen-bond acceptors (Lipinski definition) is 1. The Balaban J connectivity index is 1.58. The van der Waals surface area contributed by atoms with Crippen molar-refractivity contribution in [3.63, 3.8) is 0 Å². The Morgan fingerprint density at radius 1 is 1.25 bits per heavy atom. The summed E-state index contributed by atoms with van der Waals surface area (Å²) in [4.78, 5) is 0. The van der Waals surface area contributed by atoms with E-state index < -0.39 is 0 Å². The molecule has 1 nitrogen and oxygen atoms in total. The molecular weight excluding hydrogens is 194 g/mol. The fourth-order valence-corrected chi connectivity index (χ4v) is 3.23. The highest BCUT2D eigenvalue weighted by atomic mass is 14.9. The summed E-state index contributed by atoms with van der Waals surface area (Å²) in [5.74, 6) is 1.77. The van der Waals surface area contributed by atoms with E-state index in [1.54, 1.807) is 11.1 Å². The van der Waals surface area contributed by atoms with Gasteiger partial charge < -0.3 is 5.32 Å². The van der Waals surface area contributed by atoms with Crippen molar-refractivity contribution in [3.8, 4) is 0 Å².